The number of pyridine rings is 1. The van der Waals surface area contributed by atoms with E-state index in [1.807, 2.05) is 30.5 Å². The first-order valence-electron chi connectivity index (χ1n) is 10.2. The van der Waals surface area contributed by atoms with E-state index in [-0.39, 0.29) is 19.1 Å². The van der Waals surface area contributed by atoms with Crippen molar-refractivity contribution in [3.05, 3.63) is 54.4 Å². The molecule has 1 fully saturated rings. The maximum absolute atomic E-state index is 12.2. The third kappa shape index (κ3) is 5.38. The molecule has 3 aromatic rings. The Balaban J connectivity index is 1.45. The predicted molar refractivity (Wildman–Crippen MR) is 124 cm³/mol. The molecule has 1 amide bonds. The Morgan fingerprint density at radius 3 is 2.81 bits per heavy atom. The van der Waals surface area contributed by atoms with E-state index in [0.717, 1.165) is 53.3 Å². The van der Waals surface area contributed by atoms with Gasteiger partial charge < -0.3 is 25.5 Å². The van der Waals surface area contributed by atoms with Crippen LogP contribution in [0.4, 0.5) is 16.6 Å². The number of aliphatic hydroxyl groups is 1. The quantitative estimate of drug-likeness (QED) is 0.522. The van der Waals surface area contributed by atoms with Gasteiger partial charge in [-0.1, -0.05) is 23.5 Å². The van der Waals surface area contributed by atoms with Gasteiger partial charge in [0.15, 0.2) is 5.13 Å². The Labute approximate surface area is 185 Å². The number of carbonyl (C=O) groups excluding carboxylic acids is 1. The van der Waals surface area contributed by atoms with Crippen LogP contribution in [-0.2, 0) is 0 Å². The van der Waals surface area contributed by atoms with Crippen LogP contribution < -0.4 is 15.5 Å². The smallest absolute Gasteiger partial charge is 0.251 e. The molecule has 0 spiro atoms. The number of piperazine rings is 1. The number of nitrogens with zero attached hydrogens (tertiary/aromatic N) is 4. The van der Waals surface area contributed by atoms with Crippen LogP contribution in [0.3, 0.4) is 0 Å². The molecule has 31 heavy (non-hydrogen) atoms. The van der Waals surface area contributed by atoms with Gasteiger partial charge >= 0.3 is 0 Å². The molecule has 9 heteroatoms. The highest BCUT2D eigenvalue weighted by Crippen LogP contribution is 2.31. The van der Waals surface area contributed by atoms with E-state index in [4.69, 9.17) is 5.11 Å². The second-order valence-corrected chi connectivity index (χ2v) is 8.44. The molecule has 3 N–H and O–H groups in total. The van der Waals surface area contributed by atoms with Crippen LogP contribution in [0.25, 0.3) is 10.4 Å². The molecule has 0 atom stereocenters. The summed E-state index contributed by atoms with van der Waals surface area (Å²) in [4.78, 5) is 26.7. The molecule has 0 aliphatic carbocycles. The third-order valence-corrected chi connectivity index (χ3v) is 6.12. The van der Waals surface area contributed by atoms with Gasteiger partial charge in [0.2, 0.25) is 0 Å². The van der Waals surface area contributed by atoms with Crippen molar-refractivity contribution in [2.45, 2.75) is 0 Å². The second-order valence-electron chi connectivity index (χ2n) is 7.40. The zero-order chi connectivity index (χ0) is 21.6. The van der Waals surface area contributed by atoms with Crippen molar-refractivity contribution in [2.75, 3.05) is 56.6 Å². The molecule has 1 aliphatic heterocycles. The maximum atomic E-state index is 12.2. The topological polar surface area (TPSA) is 93.6 Å². The average Bonchev–Trinajstić information content (AvgIpc) is 3.27. The maximum Gasteiger partial charge on any atom is 0.251 e. The summed E-state index contributed by atoms with van der Waals surface area (Å²) in [5.74, 6) is 0.554. The Kier molecular flexibility index (Phi) is 6.76. The molecule has 1 saturated heterocycles. The standard InChI is InChI=1S/C22H26N6O2S/c1-27-8-10-28(11-9-27)18-5-6-23-20(14-18)26-22-25-15-19(31-22)16-3-2-4-17(13-16)21(30)24-7-12-29/h2-6,13-15,29H,7-12H2,1H3,(H,24,30)(H,23,25,26). The number of likely N-dealkylation sites (N-methyl/N-ethyl adjacent to an activating group) is 1. The summed E-state index contributed by atoms with van der Waals surface area (Å²) in [5, 5.41) is 15.6. The molecule has 1 aromatic carbocycles. The van der Waals surface area contributed by atoms with Crippen molar-refractivity contribution < 1.29 is 9.90 Å². The Morgan fingerprint density at radius 1 is 1.16 bits per heavy atom. The van der Waals surface area contributed by atoms with Crippen molar-refractivity contribution in [2.24, 2.45) is 0 Å². The van der Waals surface area contributed by atoms with E-state index in [0.29, 0.717) is 5.56 Å². The predicted octanol–water partition coefficient (Wildman–Crippen LogP) is 2.42. The number of nitrogens with one attached hydrogen (secondary N) is 2. The van der Waals surface area contributed by atoms with E-state index < -0.39 is 0 Å². The van der Waals surface area contributed by atoms with Crippen molar-refractivity contribution in [3.8, 4) is 10.4 Å². The largest absolute Gasteiger partial charge is 0.395 e. The summed E-state index contributed by atoms with van der Waals surface area (Å²) >= 11 is 1.51. The fourth-order valence-corrected chi connectivity index (χ4v) is 4.23. The lowest BCUT2D eigenvalue weighted by atomic mass is 10.1. The highest BCUT2D eigenvalue weighted by Gasteiger charge is 2.15. The van der Waals surface area contributed by atoms with Gasteiger partial charge in [0.05, 0.1) is 11.5 Å². The molecule has 0 bridgehead atoms. The molecule has 2 aromatic heterocycles. The molecule has 3 heterocycles. The number of hydrogen-bond acceptors (Lipinski definition) is 8. The minimum atomic E-state index is -0.205. The highest BCUT2D eigenvalue weighted by molar-refractivity contribution is 7.18. The number of carbonyl (C=O) groups is 1. The van der Waals surface area contributed by atoms with Gasteiger partial charge in [0.1, 0.15) is 5.82 Å². The third-order valence-electron chi connectivity index (χ3n) is 5.16. The minimum Gasteiger partial charge on any atom is -0.395 e. The average molecular weight is 439 g/mol. The van der Waals surface area contributed by atoms with Crippen molar-refractivity contribution in [1.29, 1.82) is 0 Å². The van der Waals surface area contributed by atoms with Crippen molar-refractivity contribution in [1.82, 2.24) is 20.2 Å². The molecular weight excluding hydrogens is 412 g/mol. The number of thiazole rings is 1. The fraction of sp³-hybridized carbons (Fsp3) is 0.318. The van der Waals surface area contributed by atoms with Gasteiger partial charge in [-0.2, -0.15) is 0 Å². The number of rotatable bonds is 7. The highest BCUT2D eigenvalue weighted by atomic mass is 32.1. The number of anilines is 3. The van der Waals surface area contributed by atoms with Crippen LogP contribution in [-0.4, -0.2) is 72.3 Å². The van der Waals surface area contributed by atoms with Gasteiger partial charge in [-0.3, -0.25) is 4.79 Å². The van der Waals surface area contributed by atoms with Gasteiger partial charge in [-0.05, 0) is 30.8 Å². The van der Waals surface area contributed by atoms with Gasteiger partial charge in [0.25, 0.3) is 5.91 Å². The number of aliphatic hydroxyl groups excluding tert-OH is 1. The van der Waals surface area contributed by atoms with Crippen LogP contribution in [0.5, 0.6) is 0 Å². The number of benzene rings is 1. The summed E-state index contributed by atoms with van der Waals surface area (Å²) < 4.78 is 0. The first-order chi connectivity index (χ1) is 15.1. The lowest BCUT2D eigenvalue weighted by Gasteiger charge is -2.34. The zero-order valence-corrected chi connectivity index (χ0v) is 18.2. The van der Waals surface area contributed by atoms with Crippen LogP contribution in [0.15, 0.2) is 48.8 Å². The molecule has 0 radical (unpaired) electrons. The zero-order valence-electron chi connectivity index (χ0n) is 17.4. The summed E-state index contributed by atoms with van der Waals surface area (Å²) in [5.41, 5.74) is 2.63. The van der Waals surface area contributed by atoms with Crippen molar-refractivity contribution >= 4 is 33.9 Å². The summed E-state index contributed by atoms with van der Waals surface area (Å²) in [6, 6.07) is 11.5. The Morgan fingerprint density at radius 2 is 2.00 bits per heavy atom. The summed E-state index contributed by atoms with van der Waals surface area (Å²) in [7, 11) is 2.15. The lowest BCUT2D eigenvalue weighted by molar-refractivity contribution is 0.0945. The lowest BCUT2D eigenvalue weighted by Crippen LogP contribution is -2.44. The number of hydrogen-bond donors (Lipinski definition) is 3. The normalized spacial score (nSPS) is 14.5. The Bertz CT molecular complexity index is 1030. The molecule has 162 valence electrons. The van der Waals surface area contributed by atoms with Crippen LogP contribution in [0.1, 0.15) is 10.4 Å². The van der Waals surface area contributed by atoms with Crippen LogP contribution in [0, 0.1) is 0 Å². The van der Waals surface area contributed by atoms with Crippen LogP contribution >= 0.6 is 11.3 Å². The molecule has 0 unspecified atom stereocenters. The number of aromatic nitrogens is 2. The first kappa shape index (κ1) is 21.2. The van der Waals surface area contributed by atoms with Gasteiger partial charge in [0, 0.05) is 62.4 Å². The summed E-state index contributed by atoms with van der Waals surface area (Å²) in [6.45, 7) is 4.26. The monoisotopic (exact) mass is 438 g/mol. The first-order valence-corrected chi connectivity index (χ1v) is 11.1. The SMILES string of the molecule is CN1CCN(c2ccnc(Nc3ncc(-c4cccc(C(=O)NCCO)c4)s3)c2)CC1. The minimum absolute atomic E-state index is 0.0840. The molecule has 8 nitrogen and oxygen atoms in total. The van der Waals surface area contributed by atoms with Crippen molar-refractivity contribution in [3.63, 3.8) is 0 Å². The van der Waals surface area contributed by atoms with E-state index in [2.05, 4.69) is 43.5 Å². The number of amides is 1. The molecule has 1 aliphatic rings. The van der Waals surface area contributed by atoms with Gasteiger partial charge in [-0.15, -0.1) is 0 Å². The molecule has 4 rings (SSSR count). The van der Waals surface area contributed by atoms with Gasteiger partial charge in [-0.25, -0.2) is 9.97 Å². The Hall–Kier alpha value is -3.01. The molecule has 0 saturated carbocycles. The second kappa shape index (κ2) is 9.86. The summed E-state index contributed by atoms with van der Waals surface area (Å²) in [6.07, 6.45) is 3.61. The van der Waals surface area contributed by atoms with E-state index in [9.17, 15) is 4.79 Å². The van der Waals surface area contributed by atoms with E-state index >= 15 is 0 Å². The fourth-order valence-electron chi connectivity index (χ4n) is 3.41. The van der Waals surface area contributed by atoms with Crippen LogP contribution in [0.2, 0.25) is 0 Å². The van der Waals surface area contributed by atoms with E-state index in [1.54, 1.807) is 12.3 Å². The van der Waals surface area contributed by atoms with E-state index in [1.165, 1.54) is 11.3 Å². The molecular formula is C22H26N6O2S.